The third kappa shape index (κ3) is 3.47. The first-order valence-corrected chi connectivity index (χ1v) is 9.36. The van der Waals surface area contributed by atoms with Gasteiger partial charge in [-0.2, -0.15) is 0 Å². The van der Waals surface area contributed by atoms with E-state index >= 15 is 0 Å². The fraction of sp³-hybridized carbons (Fsp3) is 0.650. The summed E-state index contributed by atoms with van der Waals surface area (Å²) < 4.78 is 11.1. The molecule has 1 aromatic carbocycles. The Morgan fingerprint density at radius 3 is 2.52 bits per heavy atom. The molecule has 1 amide bonds. The molecule has 0 aliphatic carbocycles. The normalized spacial score (nSPS) is 28.0. The van der Waals surface area contributed by atoms with Crippen molar-refractivity contribution in [2.45, 2.75) is 83.4 Å². The van der Waals surface area contributed by atoms with Crippen molar-refractivity contribution in [1.29, 1.82) is 0 Å². The van der Waals surface area contributed by atoms with Crippen molar-refractivity contribution in [3.63, 3.8) is 0 Å². The van der Waals surface area contributed by atoms with Crippen molar-refractivity contribution in [2.24, 2.45) is 0 Å². The summed E-state index contributed by atoms with van der Waals surface area (Å²) in [6, 6.07) is 7.53. The van der Waals surface area contributed by atoms with Gasteiger partial charge in [0.05, 0.1) is 13.2 Å². The van der Waals surface area contributed by atoms with Crippen LogP contribution in [0.2, 0.25) is 0 Å². The number of amides is 1. The van der Waals surface area contributed by atoms with Gasteiger partial charge in [-0.05, 0) is 69.7 Å². The Bertz CT molecular complexity index is 653. The molecule has 3 aliphatic heterocycles. The van der Waals surface area contributed by atoms with E-state index in [9.17, 15) is 4.79 Å². The number of carbonyl (C=O) groups excluding carboxylic acids is 1. The maximum atomic E-state index is 12.5. The third-order valence-corrected chi connectivity index (χ3v) is 5.43. The summed E-state index contributed by atoms with van der Waals surface area (Å²) in [7, 11) is 0. The van der Waals surface area contributed by atoms with Crippen LogP contribution in [0.15, 0.2) is 18.2 Å². The number of anilines is 1. The predicted molar refractivity (Wildman–Crippen MR) is 96.5 cm³/mol. The van der Waals surface area contributed by atoms with E-state index in [0.29, 0.717) is 24.7 Å². The molecular formula is C20H28N2O3. The molecule has 0 radical (unpaired) electrons. The number of piperidine rings is 1. The number of nitrogens with zero attached hydrogens (tertiary/aromatic N) is 1. The average Bonchev–Trinajstić information content (AvgIpc) is 3.08. The first-order valence-electron chi connectivity index (χ1n) is 9.36. The van der Waals surface area contributed by atoms with Crippen LogP contribution in [0.5, 0.6) is 0 Å². The molecule has 0 aromatic heterocycles. The Morgan fingerprint density at radius 1 is 1.16 bits per heavy atom. The smallest absolute Gasteiger partial charge is 0.410 e. The minimum absolute atomic E-state index is 0.145. The van der Waals surface area contributed by atoms with Crippen molar-refractivity contribution in [3.05, 3.63) is 29.3 Å². The Kier molecular flexibility index (Phi) is 4.14. The van der Waals surface area contributed by atoms with Crippen molar-refractivity contribution in [3.8, 4) is 0 Å². The summed E-state index contributed by atoms with van der Waals surface area (Å²) in [6.07, 6.45) is 4.00. The highest BCUT2D eigenvalue weighted by Crippen LogP contribution is 2.38. The van der Waals surface area contributed by atoms with Gasteiger partial charge >= 0.3 is 6.09 Å². The SMILES string of the molecule is CC(C)(C)OC(=O)N1[C@@H]2CC[C@H]1CC(Nc1ccc3c(c1)COC3)C2. The van der Waals surface area contributed by atoms with Crippen LogP contribution < -0.4 is 5.32 Å². The molecule has 5 heteroatoms. The fourth-order valence-corrected chi connectivity index (χ4v) is 4.41. The predicted octanol–water partition coefficient (Wildman–Crippen LogP) is 4.06. The van der Waals surface area contributed by atoms with Crippen LogP contribution in [0, 0.1) is 0 Å². The monoisotopic (exact) mass is 344 g/mol. The van der Waals surface area contributed by atoms with Crippen molar-refractivity contribution in [2.75, 3.05) is 5.32 Å². The maximum absolute atomic E-state index is 12.5. The minimum Gasteiger partial charge on any atom is -0.444 e. The van der Waals surface area contributed by atoms with E-state index in [1.807, 2.05) is 25.7 Å². The van der Waals surface area contributed by atoms with E-state index in [0.717, 1.165) is 32.3 Å². The Balaban J connectivity index is 1.40. The van der Waals surface area contributed by atoms with Crippen LogP contribution in [0.4, 0.5) is 10.5 Å². The van der Waals surface area contributed by atoms with Crippen LogP contribution in [0.1, 0.15) is 57.6 Å². The number of rotatable bonds is 2. The van der Waals surface area contributed by atoms with Crippen molar-refractivity contribution in [1.82, 2.24) is 4.90 Å². The van der Waals surface area contributed by atoms with E-state index in [1.165, 1.54) is 16.8 Å². The van der Waals surface area contributed by atoms with Gasteiger partial charge in [-0.15, -0.1) is 0 Å². The average molecular weight is 344 g/mol. The first-order chi connectivity index (χ1) is 11.9. The maximum Gasteiger partial charge on any atom is 0.410 e. The number of hydrogen-bond acceptors (Lipinski definition) is 4. The second-order valence-corrected chi connectivity index (χ2v) is 8.56. The molecule has 3 atom stereocenters. The molecule has 2 fully saturated rings. The molecule has 136 valence electrons. The van der Waals surface area contributed by atoms with Gasteiger partial charge in [0.1, 0.15) is 5.60 Å². The minimum atomic E-state index is -0.432. The van der Waals surface area contributed by atoms with Gasteiger partial charge in [-0.3, -0.25) is 0 Å². The molecule has 2 bridgehead atoms. The van der Waals surface area contributed by atoms with Crippen LogP contribution in [-0.2, 0) is 22.7 Å². The molecule has 0 saturated carbocycles. The Labute approximate surface area is 149 Å². The van der Waals surface area contributed by atoms with E-state index < -0.39 is 5.60 Å². The topological polar surface area (TPSA) is 50.8 Å². The molecule has 0 spiro atoms. The molecule has 3 heterocycles. The summed E-state index contributed by atoms with van der Waals surface area (Å²) in [5, 5.41) is 3.68. The second kappa shape index (κ2) is 6.20. The molecule has 1 aromatic rings. The Hall–Kier alpha value is -1.75. The van der Waals surface area contributed by atoms with Gasteiger partial charge in [0.25, 0.3) is 0 Å². The van der Waals surface area contributed by atoms with E-state index in [4.69, 9.17) is 9.47 Å². The zero-order chi connectivity index (χ0) is 17.6. The molecular weight excluding hydrogens is 316 g/mol. The van der Waals surface area contributed by atoms with Gasteiger partial charge in [-0.1, -0.05) is 6.07 Å². The quantitative estimate of drug-likeness (QED) is 0.879. The highest BCUT2D eigenvalue weighted by molar-refractivity contribution is 5.69. The lowest BCUT2D eigenvalue weighted by Gasteiger charge is -2.40. The standard InChI is InChI=1S/C20H28N2O3/c1-20(2,3)25-19(23)22-17-6-7-18(22)10-16(9-17)21-15-5-4-13-11-24-12-14(13)8-15/h4-5,8,16-18,21H,6-7,9-12H2,1-3H3/t16?,17-,18+. The summed E-state index contributed by atoms with van der Waals surface area (Å²) in [5.74, 6) is 0. The van der Waals surface area contributed by atoms with Gasteiger partial charge in [0, 0.05) is 23.8 Å². The lowest BCUT2D eigenvalue weighted by Crippen LogP contribution is -2.51. The van der Waals surface area contributed by atoms with Crippen molar-refractivity contribution < 1.29 is 14.3 Å². The number of carbonyl (C=O) groups is 1. The van der Waals surface area contributed by atoms with E-state index in [2.05, 4.69) is 23.5 Å². The van der Waals surface area contributed by atoms with Gasteiger partial charge in [-0.25, -0.2) is 4.79 Å². The zero-order valence-corrected chi connectivity index (χ0v) is 15.4. The van der Waals surface area contributed by atoms with Gasteiger partial charge in [0.2, 0.25) is 0 Å². The van der Waals surface area contributed by atoms with Crippen LogP contribution in [0.25, 0.3) is 0 Å². The van der Waals surface area contributed by atoms with Crippen LogP contribution in [-0.4, -0.2) is 34.7 Å². The number of fused-ring (bicyclic) bond motifs is 3. The zero-order valence-electron chi connectivity index (χ0n) is 15.4. The highest BCUT2D eigenvalue weighted by Gasteiger charge is 2.44. The van der Waals surface area contributed by atoms with E-state index in [-0.39, 0.29) is 6.09 Å². The first kappa shape index (κ1) is 16.7. The van der Waals surface area contributed by atoms with E-state index in [1.54, 1.807) is 0 Å². The molecule has 25 heavy (non-hydrogen) atoms. The molecule has 3 aliphatic rings. The van der Waals surface area contributed by atoms with Crippen molar-refractivity contribution >= 4 is 11.8 Å². The van der Waals surface area contributed by atoms with Crippen LogP contribution in [0.3, 0.4) is 0 Å². The summed E-state index contributed by atoms with van der Waals surface area (Å²) in [5.41, 5.74) is 3.32. The summed E-state index contributed by atoms with van der Waals surface area (Å²) >= 11 is 0. The molecule has 5 nitrogen and oxygen atoms in total. The highest BCUT2D eigenvalue weighted by atomic mass is 16.6. The number of ether oxygens (including phenoxy) is 2. The largest absolute Gasteiger partial charge is 0.444 e. The molecule has 2 saturated heterocycles. The third-order valence-electron chi connectivity index (χ3n) is 5.43. The fourth-order valence-electron chi connectivity index (χ4n) is 4.41. The lowest BCUT2D eigenvalue weighted by atomic mass is 9.97. The number of hydrogen-bond donors (Lipinski definition) is 1. The van der Waals surface area contributed by atoms with Crippen LogP contribution >= 0.6 is 0 Å². The number of benzene rings is 1. The van der Waals surface area contributed by atoms with Gasteiger partial charge in [0.15, 0.2) is 0 Å². The molecule has 4 rings (SSSR count). The molecule has 1 N–H and O–H groups in total. The second-order valence-electron chi connectivity index (χ2n) is 8.56. The summed E-state index contributed by atoms with van der Waals surface area (Å²) in [4.78, 5) is 14.5. The lowest BCUT2D eigenvalue weighted by molar-refractivity contribution is 0.00684. The number of nitrogens with one attached hydrogen (secondary N) is 1. The van der Waals surface area contributed by atoms with Gasteiger partial charge < -0.3 is 19.7 Å². The Morgan fingerprint density at radius 2 is 1.84 bits per heavy atom. The molecule has 1 unspecified atom stereocenters. The summed E-state index contributed by atoms with van der Waals surface area (Å²) in [6.45, 7) is 7.23.